The van der Waals surface area contributed by atoms with E-state index in [0.717, 1.165) is 83.6 Å². The molecule has 1 aromatic rings. The molecule has 0 saturated carbocycles. The van der Waals surface area contributed by atoms with E-state index in [1.807, 2.05) is 17.2 Å². The summed E-state index contributed by atoms with van der Waals surface area (Å²) in [6, 6.07) is 4.33. The topological polar surface area (TPSA) is 121 Å². The standard InChI is InChI=1S/C43H59ClN6O4S/c1-7-8-11-25-49-27-15-17-34-40(49)46-36(42(34,2)3)22-20-32-30-48(24-12-9-10-19-38(51)45-6)31-33(39(32)44)21-23-37-43(4,5)35-18-16-28-50(41(35)47-37)26-13-14-29-55(52,53)54/h15-18,20-23,27-28H,7-14,19,24-26,29-31H2,1-6H3,(H-,45,51,52,53,54). The number of amidine groups is 1. The van der Waals surface area contributed by atoms with E-state index in [1.165, 1.54) is 18.4 Å². The van der Waals surface area contributed by atoms with Crippen molar-refractivity contribution in [3.63, 3.8) is 0 Å². The first-order valence-electron chi connectivity index (χ1n) is 19.9. The first-order valence-corrected chi connectivity index (χ1v) is 21.8. The maximum atomic E-state index is 11.8. The summed E-state index contributed by atoms with van der Waals surface area (Å²) in [5.41, 5.74) is 5.71. The van der Waals surface area contributed by atoms with Crippen LogP contribution in [0.5, 0.6) is 0 Å². The lowest BCUT2D eigenvalue weighted by atomic mass is 9.81. The zero-order valence-electron chi connectivity index (χ0n) is 33.5. The molecule has 55 heavy (non-hydrogen) atoms. The lowest BCUT2D eigenvalue weighted by Gasteiger charge is -2.30. The van der Waals surface area contributed by atoms with Crippen molar-refractivity contribution in [2.75, 3.05) is 39.0 Å². The van der Waals surface area contributed by atoms with Crippen molar-refractivity contribution in [1.29, 1.82) is 0 Å². The van der Waals surface area contributed by atoms with Crippen LogP contribution in [0, 0.1) is 5.41 Å². The van der Waals surface area contributed by atoms with Crippen molar-refractivity contribution < 1.29 is 22.3 Å². The van der Waals surface area contributed by atoms with Gasteiger partial charge < -0.3 is 14.8 Å². The summed E-state index contributed by atoms with van der Waals surface area (Å²) < 4.78 is 35.6. The number of unbranched alkanes of at least 4 members (excludes halogenated alkanes) is 5. The number of carbonyl (C=O) groups is 1. The predicted molar refractivity (Wildman–Crippen MR) is 222 cm³/mol. The molecule has 4 aliphatic heterocycles. The summed E-state index contributed by atoms with van der Waals surface area (Å²) in [4.78, 5) is 26.5. The molecule has 5 heterocycles. The lowest BCUT2D eigenvalue weighted by Crippen LogP contribution is -2.34. The van der Waals surface area contributed by atoms with Crippen molar-refractivity contribution in [2.45, 2.75) is 104 Å². The molecule has 0 aliphatic carbocycles. The van der Waals surface area contributed by atoms with Crippen molar-refractivity contribution in [3.8, 4) is 0 Å². The van der Waals surface area contributed by atoms with Gasteiger partial charge in [0.1, 0.15) is 5.84 Å². The molecule has 0 radical (unpaired) electrons. The fourth-order valence-corrected chi connectivity index (χ4v) is 8.42. The molecule has 298 valence electrons. The number of pyridine rings is 1. The number of halogens is 1. The van der Waals surface area contributed by atoms with E-state index in [2.05, 4.69) is 98.1 Å². The summed E-state index contributed by atoms with van der Waals surface area (Å²) in [5, 5.41) is 3.45. The number of carbonyl (C=O) groups excluding carboxylic acids is 1. The Balaban J connectivity index is 1.41. The van der Waals surface area contributed by atoms with Gasteiger partial charge in [-0.3, -0.25) is 9.69 Å². The minimum Gasteiger partial charge on any atom is -0.748 e. The smallest absolute Gasteiger partial charge is 0.327 e. The van der Waals surface area contributed by atoms with Crippen LogP contribution in [-0.2, 0) is 26.9 Å². The van der Waals surface area contributed by atoms with Crippen LogP contribution < -0.4 is 9.88 Å². The fourth-order valence-electron chi connectivity index (χ4n) is 7.61. The van der Waals surface area contributed by atoms with Gasteiger partial charge in [-0.25, -0.2) is 18.0 Å². The van der Waals surface area contributed by atoms with Gasteiger partial charge in [0.2, 0.25) is 5.91 Å². The largest absolute Gasteiger partial charge is 0.748 e. The molecule has 1 N–H and O–H groups in total. The van der Waals surface area contributed by atoms with Gasteiger partial charge in [0, 0.05) is 61.1 Å². The van der Waals surface area contributed by atoms with Crippen LogP contribution in [0.4, 0.5) is 5.82 Å². The quantitative estimate of drug-likeness (QED) is 0.0933. The summed E-state index contributed by atoms with van der Waals surface area (Å²) in [5.74, 6) is 1.61. The van der Waals surface area contributed by atoms with E-state index < -0.39 is 10.1 Å². The number of nitrogens with one attached hydrogen (secondary N) is 1. The number of nitrogens with zero attached hydrogens (tertiary/aromatic N) is 5. The molecule has 0 fully saturated rings. The van der Waals surface area contributed by atoms with Crippen molar-refractivity contribution in [3.05, 3.63) is 94.0 Å². The van der Waals surface area contributed by atoms with Crippen LogP contribution >= 0.6 is 11.6 Å². The maximum absolute atomic E-state index is 11.8. The second-order valence-corrected chi connectivity index (χ2v) is 17.9. The molecule has 1 aromatic heterocycles. The third-order valence-corrected chi connectivity index (χ3v) is 12.4. The molecule has 0 saturated heterocycles. The molecule has 5 rings (SSSR count). The Kier molecular flexibility index (Phi) is 14.3. The average Bonchev–Trinajstić information content (AvgIpc) is 3.56. The molecule has 0 bridgehead atoms. The van der Waals surface area contributed by atoms with E-state index in [4.69, 9.17) is 21.6 Å². The zero-order chi connectivity index (χ0) is 39.8. The van der Waals surface area contributed by atoms with E-state index in [1.54, 1.807) is 7.05 Å². The number of aliphatic imine (C=N–C) groups is 2. The minimum atomic E-state index is -4.23. The zero-order valence-corrected chi connectivity index (χ0v) is 35.1. The predicted octanol–water partition coefficient (Wildman–Crippen LogP) is 7.53. The van der Waals surface area contributed by atoms with Crippen LogP contribution in [0.2, 0.25) is 0 Å². The number of hydrogen-bond donors (Lipinski definition) is 1. The minimum absolute atomic E-state index is 0.0763. The molecular weight excluding hydrogens is 732 g/mol. The van der Waals surface area contributed by atoms with Crippen LogP contribution in [-0.4, -0.2) is 79.2 Å². The molecule has 10 nitrogen and oxygen atoms in total. The van der Waals surface area contributed by atoms with Gasteiger partial charge in [0.05, 0.1) is 39.5 Å². The maximum Gasteiger partial charge on any atom is 0.327 e. The molecule has 0 aromatic carbocycles. The second-order valence-electron chi connectivity index (χ2n) is 16.0. The van der Waals surface area contributed by atoms with Crippen LogP contribution in [0.15, 0.2) is 98.4 Å². The molecule has 0 unspecified atom stereocenters. The highest BCUT2D eigenvalue weighted by Gasteiger charge is 2.42. The number of fused-ring (bicyclic) bond motifs is 2. The SMILES string of the molecule is CCCCC[n+]1cccc2c1N=C(/C=C/C1=C(Cl)C(=C/C=C3/N=C4C(=CC=CN4CCCCS(=O)(=O)[O-])C3(C)C)/CN(CCCCCC(=O)NC)C1)C2(C)C. The normalized spacial score (nSPS) is 20.7. The third-order valence-electron chi connectivity index (χ3n) is 11.1. The van der Waals surface area contributed by atoms with E-state index in [-0.39, 0.29) is 22.5 Å². The molecule has 0 atom stereocenters. The number of amides is 1. The number of rotatable bonds is 18. The highest BCUT2D eigenvalue weighted by atomic mass is 35.5. The number of aromatic nitrogens is 1. The molecule has 1 amide bonds. The Morgan fingerprint density at radius 2 is 1.78 bits per heavy atom. The van der Waals surface area contributed by atoms with E-state index in [0.29, 0.717) is 38.9 Å². The summed E-state index contributed by atoms with van der Waals surface area (Å²) >= 11 is 7.28. The Bertz CT molecular complexity index is 1970. The van der Waals surface area contributed by atoms with Crippen LogP contribution in [0.25, 0.3) is 0 Å². The summed E-state index contributed by atoms with van der Waals surface area (Å²) in [6.07, 6.45) is 24.4. The lowest BCUT2D eigenvalue weighted by molar-refractivity contribution is -0.684. The van der Waals surface area contributed by atoms with Gasteiger partial charge in [-0.2, -0.15) is 0 Å². The Morgan fingerprint density at radius 3 is 2.53 bits per heavy atom. The van der Waals surface area contributed by atoms with Gasteiger partial charge in [-0.15, -0.1) is 0 Å². The molecule has 12 heteroatoms. The van der Waals surface area contributed by atoms with Gasteiger partial charge >= 0.3 is 5.82 Å². The van der Waals surface area contributed by atoms with E-state index in [9.17, 15) is 17.8 Å². The number of hydrogen-bond acceptors (Lipinski definition) is 8. The van der Waals surface area contributed by atoms with Crippen LogP contribution in [0.1, 0.15) is 98.0 Å². The van der Waals surface area contributed by atoms with Gasteiger partial charge in [0.15, 0.2) is 5.71 Å². The third kappa shape index (κ3) is 10.6. The number of aryl methyl sites for hydroxylation is 1. The Hall–Kier alpha value is -3.64. The average molecular weight is 792 g/mol. The van der Waals surface area contributed by atoms with Crippen molar-refractivity contribution in [2.24, 2.45) is 15.4 Å². The first-order chi connectivity index (χ1) is 26.2. The fraction of sp³-hybridized carbons (Fsp3) is 0.535. The summed E-state index contributed by atoms with van der Waals surface area (Å²) in [7, 11) is -2.55. The first kappa shape index (κ1) is 42.5. The van der Waals surface area contributed by atoms with Crippen molar-refractivity contribution in [1.82, 2.24) is 15.1 Å². The molecule has 4 aliphatic rings. The summed E-state index contributed by atoms with van der Waals surface area (Å²) in [6.45, 7) is 14.8. The van der Waals surface area contributed by atoms with E-state index >= 15 is 0 Å². The monoisotopic (exact) mass is 790 g/mol. The molecule has 0 spiro atoms. The van der Waals surface area contributed by atoms with Gasteiger partial charge in [-0.05, 0) is 105 Å². The Morgan fingerprint density at radius 1 is 1.00 bits per heavy atom. The highest BCUT2D eigenvalue weighted by Crippen LogP contribution is 2.44. The molecular formula is C43H59ClN6O4S. The van der Waals surface area contributed by atoms with Crippen LogP contribution in [0.3, 0.4) is 0 Å². The Labute approximate surface area is 334 Å². The number of allylic oxidation sites excluding steroid dienone is 6. The van der Waals surface area contributed by atoms with Crippen molar-refractivity contribution >= 4 is 45.0 Å². The highest BCUT2D eigenvalue weighted by molar-refractivity contribution is 7.85. The van der Waals surface area contributed by atoms with Gasteiger partial charge in [0.25, 0.3) is 0 Å². The second kappa shape index (κ2) is 18.5. The van der Waals surface area contributed by atoms with Gasteiger partial charge in [-0.1, -0.05) is 63.4 Å².